The van der Waals surface area contributed by atoms with E-state index >= 15 is 0 Å². The standard InChI is InChI=1S/C11H13F2NO3/c1-16-8-3-4-9(17-2)7(5-8)6-14-11(15)10(12)13/h3-5,10H,6H2,1-2H3,(H,14,15). The molecule has 0 saturated carbocycles. The Kier molecular flexibility index (Phi) is 4.68. The van der Waals surface area contributed by atoms with Gasteiger partial charge in [-0.2, -0.15) is 8.78 Å². The second kappa shape index (κ2) is 6.03. The third-order valence-electron chi connectivity index (χ3n) is 2.14. The first-order chi connectivity index (χ1) is 8.08. The molecule has 0 unspecified atom stereocenters. The van der Waals surface area contributed by atoms with Crippen molar-refractivity contribution >= 4 is 5.91 Å². The Bertz CT molecular complexity index is 396. The normalized spacial score (nSPS) is 10.2. The maximum Gasteiger partial charge on any atom is 0.315 e. The van der Waals surface area contributed by atoms with E-state index in [0.717, 1.165) is 0 Å². The Morgan fingerprint density at radius 1 is 1.35 bits per heavy atom. The predicted molar refractivity (Wildman–Crippen MR) is 57.4 cm³/mol. The zero-order chi connectivity index (χ0) is 12.8. The molecular formula is C11H13F2NO3. The molecule has 1 aromatic carbocycles. The molecule has 1 rings (SSSR count). The van der Waals surface area contributed by atoms with Crippen molar-refractivity contribution in [1.82, 2.24) is 5.32 Å². The maximum atomic E-state index is 12.0. The fraction of sp³-hybridized carbons (Fsp3) is 0.364. The molecular weight excluding hydrogens is 232 g/mol. The summed E-state index contributed by atoms with van der Waals surface area (Å²) in [7, 11) is 2.95. The van der Waals surface area contributed by atoms with Gasteiger partial charge in [0.15, 0.2) is 0 Å². The Balaban J connectivity index is 2.77. The lowest BCUT2D eigenvalue weighted by Crippen LogP contribution is -2.29. The number of carbonyl (C=O) groups excluding carboxylic acids is 1. The lowest BCUT2D eigenvalue weighted by molar-refractivity contribution is -0.131. The minimum absolute atomic E-state index is 0.0381. The van der Waals surface area contributed by atoms with Crippen molar-refractivity contribution in [2.45, 2.75) is 13.0 Å². The SMILES string of the molecule is COc1ccc(OC)c(CNC(=O)C(F)F)c1. The summed E-state index contributed by atoms with van der Waals surface area (Å²) in [6.45, 7) is -0.0381. The molecule has 0 saturated heterocycles. The van der Waals surface area contributed by atoms with E-state index in [1.165, 1.54) is 14.2 Å². The number of hydrogen-bond acceptors (Lipinski definition) is 3. The van der Waals surface area contributed by atoms with Crippen LogP contribution in [0.25, 0.3) is 0 Å². The quantitative estimate of drug-likeness (QED) is 0.856. The predicted octanol–water partition coefficient (Wildman–Crippen LogP) is 1.59. The van der Waals surface area contributed by atoms with Gasteiger partial charge in [-0.3, -0.25) is 4.79 Å². The fourth-order valence-electron chi connectivity index (χ4n) is 1.28. The number of nitrogens with one attached hydrogen (secondary N) is 1. The van der Waals surface area contributed by atoms with Crippen molar-refractivity contribution in [2.75, 3.05) is 14.2 Å². The van der Waals surface area contributed by atoms with Crippen LogP contribution < -0.4 is 14.8 Å². The average molecular weight is 245 g/mol. The van der Waals surface area contributed by atoms with Gasteiger partial charge in [0.25, 0.3) is 5.91 Å². The van der Waals surface area contributed by atoms with Crippen LogP contribution in [-0.2, 0) is 11.3 Å². The molecule has 0 aromatic heterocycles. The van der Waals surface area contributed by atoms with Gasteiger partial charge in [0.05, 0.1) is 14.2 Å². The fourth-order valence-corrected chi connectivity index (χ4v) is 1.28. The van der Waals surface area contributed by atoms with Crippen LogP contribution in [0.4, 0.5) is 8.78 Å². The second-order valence-electron chi connectivity index (χ2n) is 3.20. The smallest absolute Gasteiger partial charge is 0.315 e. The molecule has 0 spiro atoms. The molecule has 0 aliphatic rings. The summed E-state index contributed by atoms with van der Waals surface area (Å²) >= 11 is 0. The van der Waals surface area contributed by atoms with Gasteiger partial charge >= 0.3 is 6.43 Å². The van der Waals surface area contributed by atoms with Crippen LogP contribution in [0.1, 0.15) is 5.56 Å². The summed E-state index contributed by atoms with van der Waals surface area (Å²) in [5.41, 5.74) is 0.570. The zero-order valence-electron chi connectivity index (χ0n) is 9.50. The van der Waals surface area contributed by atoms with E-state index in [2.05, 4.69) is 5.32 Å². The van der Waals surface area contributed by atoms with Crippen molar-refractivity contribution in [3.05, 3.63) is 23.8 Å². The highest BCUT2D eigenvalue weighted by Crippen LogP contribution is 2.23. The first kappa shape index (κ1) is 13.2. The Morgan fingerprint density at radius 3 is 2.59 bits per heavy atom. The van der Waals surface area contributed by atoms with Crippen molar-refractivity contribution in [2.24, 2.45) is 0 Å². The number of halogens is 2. The van der Waals surface area contributed by atoms with Crippen LogP contribution >= 0.6 is 0 Å². The van der Waals surface area contributed by atoms with Crippen LogP contribution in [0.3, 0.4) is 0 Å². The molecule has 0 aliphatic carbocycles. The summed E-state index contributed by atoms with van der Waals surface area (Å²) in [6.07, 6.45) is -3.02. The minimum Gasteiger partial charge on any atom is -0.497 e. The van der Waals surface area contributed by atoms with Crippen LogP contribution in [0.5, 0.6) is 11.5 Å². The van der Waals surface area contributed by atoms with E-state index in [1.807, 2.05) is 0 Å². The number of ether oxygens (including phenoxy) is 2. The van der Waals surface area contributed by atoms with Crippen molar-refractivity contribution < 1.29 is 23.0 Å². The Labute approximate surface area is 97.5 Å². The molecule has 4 nitrogen and oxygen atoms in total. The number of alkyl halides is 2. The molecule has 1 N–H and O–H groups in total. The van der Waals surface area contributed by atoms with E-state index < -0.39 is 12.3 Å². The molecule has 17 heavy (non-hydrogen) atoms. The van der Waals surface area contributed by atoms with Gasteiger partial charge in [-0.05, 0) is 18.2 Å². The van der Waals surface area contributed by atoms with E-state index in [-0.39, 0.29) is 6.54 Å². The van der Waals surface area contributed by atoms with Crippen LogP contribution in [-0.4, -0.2) is 26.6 Å². The van der Waals surface area contributed by atoms with E-state index in [0.29, 0.717) is 17.1 Å². The maximum absolute atomic E-state index is 12.0. The summed E-state index contributed by atoms with van der Waals surface area (Å²) in [6, 6.07) is 4.94. The molecule has 1 aromatic rings. The molecule has 0 bridgehead atoms. The third kappa shape index (κ3) is 3.58. The van der Waals surface area contributed by atoms with Crippen LogP contribution in [0.15, 0.2) is 18.2 Å². The highest BCUT2D eigenvalue weighted by Gasteiger charge is 2.15. The van der Waals surface area contributed by atoms with E-state index in [4.69, 9.17) is 9.47 Å². The van der Waals surface area contributed by atoms with Gasteiger partial charge in [0.2, 0.25) is 0 Å². The molecule has 0 fully saturated rings. The number of carbonyl (C=O) groups is 1. The van der Waals surface area contributed by atoms with Gasteiger partial charge in [-0.15, -0.1) is 0 Å². The number of amides is 1. The molecule has 1 amide bonds. The van der Waals surface area contributed by atoms with E-state index in [1.54, 1.807) is 18.2 Å². The number of methoxy groups -OCH3 is 2. The molecule has 0 heterocycles. The molecule has 6 heteroatoms. The number of hydrogen-bond donors (Lipinski definition) is 1. The van der Waals surface area contributed by atoms with Crippen molar-refractivity contribution in [3.63, 3.8) is 0 Å². The molecule has 94 valence electrons. The van der Waals surface area contributed by atoms with Crippen LogP contribution in [0.2, 0.25) is 0 Å². The highest BCUT2D eigenvalue weighted by molar-refractivity contribution is 5.79. The average Bonchev–Trinajstić information content (AvgIpc) is 2.35. The number of benzene rings is 1. The van der Waals surface area contributed by atoms with Crippen LogP contribution in [0, 0.1) is 0 Å². The lowest BCUT2D eigenvalue weighted by Gasteiger charge is -2.11. The highest BCUT2D eigenvalue weighted by atomic mass is 19.3. The summed E-state index contributed by atoms with van der Waals surface area (Å²) < 4.78 is 34.0. The topological polar surface area (TPSA) is 47.6 Å². The number of rotatable bonds is 5. The van der Waals surface area contributed by atoms with Gasteiger partial charge in [0.1, 0.15) is 11.5 Å². The Morgan fingerprint density at radius 2 is 2.06 bits per heavy atom. The van der Waals surface area contributed by atoms with Gasteiger partial charge in [-0.25, -0.2) is 0 Å². The van der Waals surface area contributed by atoms with Crippen molar-refractivity contribution in [3.8, 4) is 11.5 Å². The molecule has 0 radical (unpaired) electrons. The van der Waals surface area contributed by atoms with Gasteiger partial charge < -0.3 is 14.8 Å². The largest absolute Gasteiger partial charge is 0.497 e. The lowest BCUT2D eigenvalue weighted by atomic mass is 10.2. The summed E-state index contributed by atoms with van der Waals surface area (Å²) in [5.74, 6) is -0.248. The summed E-state index contributed by atoms with van der Waals surface area (Å²) in [5, 5.41) is 2.10. The third-order valence-corrected chi connectivity index (χ3v) is 2.14. The molecule has 0 aliphatic heterocycles. The van der Waals surface area contributed by atoms with E-state index in [9.17, 15) is 13.6 Å². The Hall–Kier alpha value is -1.85. The van der Waals surface area contributed by atoms with Gasteiger partial charge in [-0.1, -0.05) is 0 Å². The summed E-state index contributed by atoms with van der Waals surface area (Å²) in [4.78, 5) is 10.7. The van der Waals surface area contributed by atoms with Gasteiger partial charge in [0, 0.05) is 12.1 Å². The minimum atomic E-state index is -3.02. The first-order valence-corrected chi connectivity index (χ1v) is 4.85. The first-order valence-electron chi connectivity index (χ1n) is 4.85. The zero-order valence-corrected chi connectivity index (χ0v) is 9.50. The molecule has 0 atom stereocenters. The second-order valence-corrected chi connectivity index (χ2v) is 3.20. The monoisotopic (exact) mass is 245 g/mol. The van der Waals surface area contributed by atoms with Crippen molar-refractivity contribution in [1.29, 1.82) is 0 Å².